The smallest absolute Gasteiger partial charge is 0.182 e. The summed E-state index contributed by atoms with van der Waals surface area (Å²) in [7, 11) is 5.92. The number of hydrogen-bond acceptors (Lipinski definition) is 1. The summed E-state index contributed by atoms with van der Waals surface area (Å²) in [5, 5.41) is 0. The van der Waals surface area contributed by atoms with Gasteiger partial charge in [0.15, 0.2) is 7.98 Å². The summed E-state index contributed by atoms with van der Waals surface area (Å²) in [6, 6.07) is 9.21. The van der Waals surface area contributed by atoms with E-state index in [1.807, 2.05) is 4.81 Å². The normalized spacial score (nSPS) is 20.7. The molecule has 0 aromatic heterocycles. The van der Waals surface area contributed by atoms with Crippen LogP contribution in [0.15, 0.2) is 24.3 Å². The van der Waals surface area contributed by atoms with E-state index in [2.05, 4.69) is 31.2 Å². The zero-order chi connectivity index (χ0) is 10.7. The summed E-state index contributed by atoms with van der Waals surface area (Å²) in [5.41, 5.74) is 2.70. The van der Waals surface area contributed by atoms with Crippen molar-refractivity contribution in [2.24, 2.45) is 0 Å². The van der Waals surface area contributed by atoms with Gasteiger partial charge in [0, 0.05) is 38.8 Å². The number of hydrogen-bond donors (Lipinski definition) is 0. The quantitative estimate of drug-likeness (QED) is 0.608. The molecule has 81 valence electrons. The Labute approximate surface area is 125 Å². The van der Waals surface area contributed by atoms with Crippen molar-refractivity contribution in [3.05, 3.63) is 42.3 Å². The SMILES string of the molecule is [B]N1CCCC1Cc1cccc(C[CH2-])c1.[Y]. The predicted octanol–water partition coefficient (Wildman–Crippen LogP) is 2.15. The van der Waals surface area contributed by atoms with Crippen LogP contribution in [0.1, 0.15) is 24.0 Å². The molecule has 0 spiro atoms. The predicted molar refractivity (Wildman–Crippen MR) is 64.7 cm³/mol. The van der Waals surface area contributed by atoms with Gasteiger partial charge in [-0.3, -0.25) is 0 Å². The molecule has 1 aliphatic rings. The second-order valence-corrected chi connectivity index (χ2v) is 4.31. The van der Waals surface area contributed by atoms with Crippen molar-refractivity contribution < 1.29 is 32.7 Å². The van der Waals surface area contributed by atoms with Gasteiger partial charge in [-0.15, -0.1) is 0 Å². The molecule has 1 nitrogen and oxygen atoms in total. The summed E-state index contributed by atoms with van der Waals surface area (Å²) in [6.45, 7) is 4.95. The fraction of sp³-hybridized carbons (Fsp3) is 0.462. The van der Waals surface area contributed by atoms with Crippen LogP contribution in [0.2, 0.25) is 0 Å². The van der Waals surface area contributed by atoms with E-state index < -0.39 is 0 Å². The van der Waals surface area contributed by atoms with Crippen LogP contribution in [-0.4, -0.2) is 25.4 Å². The minimum atomic E-state index is 0. The van der Waals surface area contributed by atoms with Crippen LogP contribution >= 0.6 is 0 Å². The Kier molecular flexibility index (Phi) is 6.24. The summed E-state index contributed by atoms with van der Waals surface area (Å²) in [4.78, 5) is 1.98. The molecule has 3 heteroatoms. The Balaban J connectivity index is 0.00000128. The maximum absolute atomic E-state index is 5.92. The molecule has 1 aromatic carbocycles. The molecular formula is C13H17BNY-. The van der Waals surface area contributed by atoms with Crippen molar-refractivity contribution in [1.29, 1.82) is 0 Å². The molecule has 1 unspecified atom stereocenters. The van der Waals surface area contributed by atoms with E-state index in [0.29, 0.717) is 6.04 Å². The fourth-order valence-corrected chi connectivity index (χ4v) is 2.26. The molecule has 0 amide bonds. The number of nitrogens with zero attached hydrogens (tertiary/aromatic N) is 1. The van der Waals surface area contributed by atoms with Crippen molar-refractivity contribution >= 4 is 7.98 Å². The molecule has 1 aromatic rings. The molecular weight excluding hydrogens is 270 g/mol. The van der Waals surface area contributed by atoms with Crippen LogP contribution in [0, 0.1) is 6.92 Å². The van der Waals surface area contributed by atoms with E-state index in [1.54, 1.807) is 0 Å². The molecule has 0 aliphatic carbocycles. The second-order valence-electron chi connectivity index (χ2n) is 4.31. The molecule has 1 fully saturated rings. The minimum absolute atomic E-state index is 0. The van der Waals surface area contributed by atoms with Gasteiger partial charge in [0.25, 0.3) is 0 Å². The van der Waals surface area contributed by atoms with Crippen LogP contribution in [0.25, 0.3) is 0 Å². The van der Waals surface area contributed by atoms with Crippen LogP contribution in [0.3, 0.4) is 0 Å². The average Bonchev–Trinajstić information content (AvgIpc) is 2.65. The van der Waals surface area contributed by atoms with Gasteiger partial charge in [0.2, 0.25) is 0 Å². The van der Waals surface area contributed by atoms with E-state index in [1.165, 1.54) is 24.0 Å². The third-order valence-corrected chi connectivity index (χ3v) is 3.17. The molecule has 0 bridgehead atoms. The van der Waals surface area contributed by atoms with Crippen molar-refractivity contribution in [3.63, 3.8) is 0 Å². The minimum Gasteiger partial charge on any atom is -0.351 e. The van der Waals surface area contributed by atoms with Gasteiger partial charge in [0.1, 0.15) is 0 Å². The Hall–Kier alpha value is 0.349. The Bertz CT molecular complexity index is 329. The molecule has 0 N–H and O–H groups in total. The third-order valence-electron chi connectivity index (χ3n) is 3.17. The summed E-state index contributed by atoms with van der Waals surface area (Å²) >= 11 is 0. The average molecular weight is 287 g/mol. The molecule has 2 rings (SSSR count). The van der Waals surface area contributed by atoms with Crippen LogP contribution in [0.4, 0.5) is 0 Å². The molecule has 1 atom stereocenters. The van der Waals surface area contributed by atoms with E-state index >= 15 is 0 Å². The molecule has 16 heavy (non-hydrogen) atoms. The first-order valence-corrected chi connectivity index (χ1v) is 5.68. The van der Waals surface area contributed by atoms with Crippen LogP contribution in [-0.2, 0) is 45.6 Å². The number of rotatable bonds is 3. The Morgan fingerprint density at radius 1 is 1.38 bits per heavy atom. The zero-order valence-corrected chi connectivity index (χ0v) is 12.6. The molecule has 0 saturated carbocycles. The topological polar surface area (TPSA) is 3.24 Å². The summed E-state index contributed by atoms with van der Waals surface area (Å²) < 4.78 is 0. The van der Waals surface area contributed by atoms with Crippen molar-refractivity contribution in [2.45, 2.75) is 31.7 Å². The third kappa shape index (κ3) is 3.68. The van der Waals surface area contributed by atoms with Gasteiger partial charge in [-0.1, -0.05) is 29.8 Å². The monoisotopic (exact) mass is 287 g/mol. The first-order chi connectivity index (χ1) is 7.29. The van der Waals surface area contributed by atoms with Gasteiger partial charge in [-0.25, -0.2) is 0 Å². The zero-order valence-electron chi connectivity index (χ0n) is 9.73. The molecule has 1 aliphatic heterocycles. The van der Waals surface area contributed by atoms with Crippen LogP contribution in [0.5, 0.6) is 0 Å². The first-order valence-electron chi connectivity index (χ1n) is 5.68. The Morgan fingerprint density at radius 2 is 2.12 bits per heavy atom. The number of benzene rings is 1. The maximum atomic E-state index is 5.92. The molecule has 1 heterocycles. The van der Waals surface area contributed by atoms with Gasteiger partial charge in [-0.05, 0) is 31.4 Å². The second kappa shape index (κ2) is 6.93. The van der Waals surface area contributed by atoms with E-state index in [0.717, 1.165) is 19.4 Å². The standard InChI is InChI=1S/C13H17BN.Y/c1-2-11-5-3-6-12(9-11)10-13-7-4-8-15(13)14;/h3,5-6,9,13H,1-2,4,7-8,10H2;/q-1;. The summed E-state index contributed by atoms with van der Waals surface area (Å²) in [6.07, 6.45) is 4.40. The van der Waals surface area contributed by atoms with Gasteiger partial charge in [-0.2, -0.15) is 6.42 Å². The van der Waals surface area contributed by atoms with E-state index in [9.17, 15) is 0 Å². The van der Waals surface area contributed by atoms with E-state index in [4.69, 9.17) is 7.98 Å². The molecule has 3 radical (unpaired) electrons. The van der Waals surface area contributed by atoms with Gasteiger partial charge >= 0.3 is 0 Å². The fourth-order valence-electron chi connectivity index (χ4n) is 2.26. The van der Waals surface area contributed by atoms with Crippen molar-refractivity contribution in [3.8, 4) is 0 Å². The maximum Gasteiger partial charge on any atom is 0.182 e. The summed E-state index contributed by atoms with van der Waals surface area (Å²) in [5.74, 6) is 0. The Morgan fingerprint density at radius 3 is 2.75 bits per heavy atom. The van der Waals surface area contributed by atoms with Gasteiger partial charge in [0.05, 0.1) is 0 Å². The first kappa shape index (κ1) is 14.4. The van der Waals surface area contributed by atoms with Crippen molar-refractivity contribution in [1.82, 2.24) is 4.81 Å². The molecule has 1 saturated heterocycles. The van der Waals surface area contributed by atoms with Crippen molar-refractivity contribution in [2.75, 3.05) is 6.54 Å². The van der Waals surface area contributed by atoms with Crippen LogP contribution < -0.4 is 0 Å². The largest absolute Gasteiger partial charge is 0.351 e. The van der Waals surface area contributed by atoms with E-state index in [-0.39, 0.29) is 32.7 Å². The van der Waals surface area contributed by atoms with Gasteiger partial charge < -0.3 is 11.7 Å².